The fourth-order valence-electron chi connectivity index (χ4n) is 2.46. The minimum absolute atomic E-state index is 0.00671. The summed E-state index contributed by atoms with van der Waals surface area (Å²) in [6.07, 6.45) is 3.99. The molecule has 2 heterocycles. The lowest BCUT2D eigenvalue weighted by Crippen LogP contribution is -2.11. The van der Waals surface area contributed by atoms with Gasteiger partial charge in [0.2, 0.25) is 5.91 Å². The van der Waals surface area contributed by atoms with Crippen LogP contribution in [0.2, 0.25) is 0 Å². The van der Waals surface area contributed by atoms with Crippen molar-refractivity contribution in [1.29, 1.82) is 0 Å². The van der Waals surface area contributed by atoms with Gasteiger partial charge >= 0.3 is 0 Å². The van der Waals surface area contributed by atoms with Crippen molar-refractivity contribution in [2.45, 2.75) is 26.2 Å². The van der Waals surface area contributed by atoms with Gasteiger partial charge in [0.05, 0.1) is 16.3 Å². The van der Waals surface area contributed by atoms with E-state index in [0.29, 0.717) is 11.6 Å². The minimum atomic E-state index is 0.00671. The third-order valence-electron chi connectivity index (χ3n) is 3.65. The zero-order valence-electron chi connectivity index (χ0n) is 13.5. The van der Waals surface area contributed by atoms with Crippen LogP contribution < -0.4 is 5.32 Å². The van der Waals surface area contributed by atoms with Gasteiger partial charge in [-0.3, -0.25) is 9.78 Å². The maximum absolute atomic E-state index is 12.1. The number of aromatic nitrogens is 2. The van der Waals surface area contributed by atoms with E-state index < -0.39 is 0 Å². The monoisotopic (exact) mass is 337 g/mol. The van der Waals surface area contributed by atoms with Crippen LogP contribution in [0, 0.1) is 6.92 Å². The van der Waals surface area contributed by atoms with Crippen molar-refractivity contribution in [2.24, 2.45) is 0 Å². The zero-order valence-corrected chi connectivity index (χ0v) is 14.3. The lowest BCUT2D eigenvalue weighted by molar-refractivity contribution is -0.116. The summed E-state index contributed by atoms with van der Waals surface area (Å²) in [7, 11) is 0. The van der Waals surface area contributed by atoms with E-state index in [1.54, 1.807) is 6.20 Å². The van der Waals surface area contributed by atoms with Crippen molar-refractivity contribution in [3.63, 3.8) is 0 Å². The Labute approximate surface area is 145 Å². The Balaban J connectivity index is 1.55. The van der Waals surface area contributed by atoms with Crippen molar-refractivity contribution in [1.82, 2.24) is 9.97 Å². The number of aryl methyl sites for hydroxylation is 2. The molecule has 0 aliphatic heterocycles. The first kappa shape index (κ1) is 16.3. The predicted octanol–water partition coefficient (Wildman–Crippen LogP) is 4.47. The predicted molar refractivity (Wildman–Crippen MR) is 98.1 cm³/mol. The van der Waals surface area contributed by atoms with Crippen LogP contribution in [0.1, 0.15) is 24.1 Å². The molecule has 24 heavy (non-hydrogen) atoms. The number of benzene rings is 1. The van der Waals surface area contributed by atoms with Gasteiger partial charge in [-0.15, -0.1) is 0 Å². The summed E-state index contributed by atoms with van der Waals surface area (Å²) in [5, 5.41) is 3.54. The summed E-state index contributed by atoms with van der Waals surface area (Å²) in [4.78, 5) is 21.9. The second-order valence-electron chi connectivity index (χ2n) is 5.54. The molecule has 0 aliphatic rings. The standard InChI is InChI=1S/C19H19N3OS/c1-14-18(16-11-5-6-13-20-16)24-19(21-14)22-17(23)12-7-10-15-8-3-2-4-9-15/h2-6,8-9,11,13H,7,10,12H2,1H3,(H,21,22,23). The van der Waals surface area contributed by atoms with E-state index in [-0.39, 0.29) is 5.91 Å². The summed E-state index contributed by atoms with van der Waals surface area (Å²) in [5.74, 6) is 0.00671. The largest absolute Gasteiger partial charge is 0.302 e. The van der Waals surface area contributed by atoms with Crippen LogP contribution in [-0.2, 0) is 11.2 Å². The molecule has 2 aromatic heterocycles. The molecule has 0 spiro atoms. The number of pyridine rings is 1. The highest BCUT2D eigenvalue weighted by atomic mass is 32.1. The minimum Gasteiger partial charge on any atom is -0.302 e. The van der Waals surface area contributed by atoms with Crippen molar-refractivity contribution in [3.8, 4) is 10.6 Å². The molecule has 0 atom stereocenters. The highest BCUT2D eigenvalue weighted by Crippen LogP contribution is 2.31. The molecule has 0 saturated heterocycles. The maximum Gasteiger partial charge on any atom is 0.226 e. The molecule has 0 bridgehead atoms. The SMILES string of the molecule is Cc1nc(NC(=O)CCCc2ccccc2)sc1-c1ccccn1. The van der Waals surface area contributed by atoms with Gasteiger partial charge in [-0.1, -0.05) is 47.7 Å². The molecule has 4 nitrogen and oxygen atoms in total. The molecule has 0 unspecified atom stereocenters. The summed E-state index contributed by atoms with van der Waals surface area (Å²) in [6.45, 7) is 1.94. The second kappa shape index (κ2) is 7.84. The van der Waals surface area contributed by atoms with Crippen LogP contribution in [-0.4, -0.2) is 15.9 Å². The number of carbonyl (C=O) groups is 1. The average molecular weight is 337 g/mol. The number of hydrogen-bond acceptors (Lipinski definition) is 4. The van der Waals surface area contributed by atoms with Crippen LogP contribution in [0.4, 0.5) is 5.13 Å². The lowest BCUT2D eigenvalue weighted by Gasteiger charge is -2.02. The molecule has 3 aromatic rings. The fourth-order valence-corrected chi connectivity index (χ4v) is 3.42. The third-order valence-corrected chi connectivity index (χ3v) is 4.75. The third kappa shape index (κ3) is 4.26. The molecule has 1 aromatic carbocycles. The van der Waals surface area contributed by atoms with E-state index in [9.17, 15) is 4.79 Å². The molecule has 5 heteroatoms. The first-order valence-corrected chi connectivity index (χ1v) is 8.76. The van der Waals surface area contributed by atoms with Crippen LogP contribution in [0.25, 0.3) is 10.6 Å². The lowest BCUT2D eigenvalue weighted by atomic mass is 10.1. The van der Waals surface area contributed by atoms with Gasteiger partial charge in [0.25, 0.3) is 0 Å². The molecule has 0 saturated carbocycles. The van der Waals surface area contributed by atoms with E-state index in [0.717, 1.165) is 29.1 Å². The van der Waals surface area contributed by atoms with Gasteiger partial charge in [-0.2, -0.15) is 0 Å². The maximum atomic E-state index is 12.1. The van der Waals surface area contributed by atoms with E-state index in [4.69, 9.17) is 0 Å². The molecule has 0 fully saturated rings. The van der Waals surface area contributed by atoms with Gasteiger partial charge in [-0.25, -0.2) is 4.98 Å². The Morgan fingerprint density at radius 1 is 1.12 bits per heavy atom. The topological polar surface area (TPSA) is 54.9 Å². The van der Waals surface area contributed by atoms with Crippen molar-refractivity contribution < 1.29 is 4.79 Å². The Morgan fingerprint density at radius 2 is 1.92 bits per heavy atom. The summed E-state index contributed by atoms with van der Waals surface area (Å²) in [5.41, 5.74) is 3.03. The van der Waals surface area contributed by atoms with Crippen LogP contribution in [0.5, 0.6) is 0 Å². The van der Waals surface area contributed by atoms with E-state index in [1.165, 1.54) is 16.9 Å². The highest BCUT2D eigenvalue weighted by molar-refractivity contribution is 7.19. The number of amides is 1. The average Bonchev–Trinajstić information content (AvgIpc) is 2.97. The van der Waals surface area contributed by atoms with Gasteiger partial charge in [0.15, 0.2) is 5.13 Å². The van der Waals surface area contributed by atoms with Crippen molar-refractivity contribution >= 4 is 22.4 Å². The van der Waals surface area contributed by atoms with Crippen LogP contribution >= 0.6 is 11.3 Å². The molecule has 122 valence electrons. The van der Waals surface area contributed by atoms with Crippen LogP contribution in [0.3, 0.4) is 0 Å². The van der Waals surface area contributed by atoms with Crippen molar-refractivity contribution in [2.75, 3.05) is 5.32 Å². The van der Waals surface area contributed by atoms with E-state index >= 15 is 0 Å². The Bertz CT molecular complexity index is 800. The van der Waals surface area contributed by atoms with Gasteiger partial charge in [-0.05, 0) is 37.5 Å². The molecular weight excluding hydrogens is 318 g/mol. The molecule has 1 amide bonds. The summed E-state index contributed by atoms with van der Waals surface area (Å²) >= 11 is 1.47. The molecule has 1 N–H and O–H groups in total. The Hall–Kier alpha value is -2.53. The molecule has 3 rings (SSSR count). The number of hydrogen-bond donors (Lipinski definition) is 1. The first-order chi connectivity index (χ1) is 11.7. The van der Waals surface area contributed by atoms with Crippen LogP contribution in [0.15, 0.2) is 54.7 Å². The number of thiazole rings is 1. The normalized spacial score (nSPS) is 10.5. The summed E-state index contributed by atoms with van der Waals surface area (Å²) < 4.78 is 0. The fraction of sp³-hybridized carbons (Fsp3) is 0.211. The van der Waals surface area contributed by atoms with Crippen molar-refractivity contribution in [3.05, 3.63) is 66.0 Å². The number of nitrogens with one attached hydrogen (secondary N) is 1. The second-order valence-corrected chi connectivity index (χ2v) is 6.53. The Kier molecular flexibility index (Phi) is 5.33. The molecule has 0 radical (unpaired) electrons. The van der Waals surface area contributed by atoms with Gasteiger partial charge < -0.3 is 5.32 Å². The number of carbonyl (C=O) groups excluding carboxylic acids is 1. The molecular formula is C19H19N3OS. The highest BCUT2D eigenvalue weighted by Gasteiger charge is 2.12. The quantitative estimate of drug-likeness (QED) is 0.722. The zero-order chi connectivity index (χ0) is 16.8. The first-order valence-electron chi connectivity index (χ1n) is 7.95. The smallest absolute Gasteiger partial charge is 0.226 e. The number of anilines is 1. The number of nitrogens with zero attached hydrogens (tertiary/aromatic N) is 2. The van der Waals surface area contributed by atoms with Gasteiger partial charge in [0, 0.05) is 12.6 Å². The van der Waals surface area contributed by atoms with E-state index in [2.05, 4.69) is 27.4 Å². The summed E-state index contributed by atoms with van der Waals surface area (Å²) in [6, 6.07) is 16.0. The molecule has 0 aliphatic carbocycles. The Morgan fingerprint density at radius 3 is 2.67 bits per heavy atom. The number of rotatable bonds is 6. The van der Waals surface area contributed by atoms with Gasteiger partial charge in [0.1, 0.15) is 0 Å². The van der Waals surface area contributed by atoms with E-state index in [1.807, 2.05) is 43.3 Å².